The highest BCUT2D eigenvalue weighted by Gasteiger charge is 2.22. The molecule has 0 saturated carbocycles. The third kappa shape index (κ3) is 12.3. The van der Waals surface area contributed by atoms with Gasteiger partial charge in [-0.25, -0.2) is 4.39 Å². The minimum absolute atomic E-state index is 0.0773. The highest BCUT2D eigenvalue weighted by Crippen LogP contribution is 2.27. The second-order valence-corrected chi connectivity index (χ2v) is 7.95. The van der Waals surface area contributed by atoms with Crippen LogP contribution in [0.15, 0.2) is 0 Å². The Morgan fingerprint density at radius 1 is 1.00 bits per heavy atom. The van der Waals surface area contributed by atoms with Gasteiger partial charge in [0.2, 0.25) is 0 Å². The molecule has 0 aliphatic heterocycles. The Hall–Kier alpha value is -0.250. The van der Waals surface area contributed by atoms with Crippen LogP contribution in [0.2, 0.25) is 0 Å². The maximum Gasteiger partial charge on any atom is 0.316 e. The molecule has 3 unspecified atom stereocenters. The molecule has 0 heterocycles. The van der Waals surface area contributed by atoms with E-state index < -0.39 is 12.1 Å². The average molecular weight is 335 g/mol. The maximum absolute atomic E-state index is 13.9. The van der Waals surface area contributed by atoms with E-state index >= 15 is 0 Å². The zero-order valence-electron chi connectivity index (χ0n) is 14.7. The second-order valence-electron chi connectivity index (χ2n) is 6.31. The van der Waals surface area contributed by atoms with Gasteiger partial charge in [-0.15, -0.1) is 11.8 Å². The number of hydrogen-bond acceptors (Lipinski definition) is 2. The number of hydrogen-bond donors (Lipinski definition) is 1. The quantitative estimate of drug-likeness (QED) is 0.361. The Balaban J connectivity index is 3.95. The van der Waals surface area contributed by atoms with Crippen molar-refractivity contribution >= 4 is 17.7 Å². The summed E-state index contributed by atoms with van der Waals surface area (Å²) in [6, 6.07) is 0. The lowest BCUT2D eigenvalue weighted by molar-refractivity contribution is -0.136. The van der Waals surface area contributed by atoms with Gasteiger partial charge < -0.3 is 5.11 Å². The lowest BCUT2D eigenvalue weighted by atomic mass is 10.1. The summed E-state index contributed by atoms with van der Waals surface area (Å²) in [5.41, 5.74) is 0. The molecule has 22 heavy (non-hydrogen) atoms. The molecular formula is C18H35FO2S. The van der Waals surface area contributed by atoms with Crippen LogP contribution in [0.3, 0.4) is 0 Å². The van der Waals surface area contributed by atoms with Crippen molar-refractivity contribution in [1.29, 1.82) is 0 Å². The van der Waals surface area contributed by atoms with E-state index in [9.17, 15) is 14.3 Å². The first-order valence-corrected chi connectivity index (χ1v) is 9.97. The highest BCUT2D eigenvalue weighted by molar-refractivity contribution is 8.01. The van der Waals surface area contributed by atoms with Gasteiger partial charge in [-0.05, 0) is 19.3 Å². The number of unbranched alkanes of at least 4 members (excludes halogenated alkanes) is 6. The van der Waals surface area contributed by atoms with Crippen molar-refractivity contribution in [2.45, 2.75) is 108 Å². The summed E-state index contributed by atoms with van der Waals surface area (Å²) in [5.74, 6) is -0.744. The van der Waals surface area contributed by atoms with E-state index in [1.807, 2.05) is 6.92 Å². The molecule has 0 aromatic heterocycles. The zero-order valence-corrected chi connectivity index (χ0v) is 15.5. The monoisotopic (exact) mass is 334 g/mol. The summed E-state index contributed by atoms with van der Waals surface area (Å²) >= 11 is 1.44. The highest BCUT2D eigenvalue weighted by atomic mass is 32.2. The minimum Gasteiger partial charge on any atom is -0.480 e. The first kappa shape index (κ1) is 21.8. The molecule has 0 aromatic carbocycles. The Labute approximate surface area is 140 Å². The van der Waals surface area contributed by atoms with E-state index in [2.05, 4.69) is 13.8 Å². The summed E-state index contributed by atoms with van der Waals surface area (Å²) in [7, 11) is 0. The van der Waals surface area contributed by atoms with Gasteiger partial charge in [0.25, 0.3) is 0 Å². The summed E-state index contributed by atoms with van der Waals surface area (Å²) in [5, 5.41) is 9.00. The van der Waals surface area contributed by atoms with E-state index in [0.29, 0.717) is 19.3 Å². The van der Waals surface area contributed by atoms with Crippen LogP contribution in [-0.2, 0) is 4.79 Å². The SMILES string of the molecule is CCCCCCC(F)CC(C)SC(CCCCCC)C(=O)O. The van der Waals surface area contributed by atoms with Crippen molar-refractivity contribution in [3.05, 3.63) is 0 Å². The fraction of sp³-hybridized carbons (Fsp3) is 0.944. The topological polar surface area (TPSA) is 37.3 Å². The number of carboxylic acid groups (broad SMARTS) is 1. The normalized spacial score (nSPS) is 15.5. The third-order valence-electron chi connectivity index (χ3n) is 3.95. The molecule has 0 aliphatic carbocycles. The Kier molecular flexibility index (Phi) is 14.2. The minimum atomic E-state index is -0.783. The molecule has 0 fully saturated rings. The number of carbonyl (C=O) groups is 1. The second kappa shape index (κ2) is 14.3. The predicted molar refractivity (Wildman–Crippen MR) is 95.5 cm³/mol. The molecule has 0 radical (unpaired) electrons. The van der Waals surface area contributed by atoms with Gasteiger partial charge >= 0.3 is 5.97 Å². The van der Waals surface area contributed by atoms with Crippen LogP contribution < -0.4 is 0 Å². The van der Waals surface area contributed by atoms with Crippen LogP contribution in [0.5, 0.6) is 0 Å². The molecule has 0 spiro atoms. The van der Waals surface area contributed by atoms with Crippen LogP contribution in [0.1, 0.15) is 91.4 Å². The van der Waals surface area contributed by atoms with E-state index in [1.165, 1.54) is 24.6 Å². The molecule has 0 rings (SSSR count). The third-order valence-corrected chi connectivity index (χ3v) is 5.37. The van der Waals surface area contributed by atoms with E-state index in [1.54, 1.807) is 0 Å². The van der Waals surface area contributed by atoms with Gasteiger partial charge in [-0.1, -0.05) is 72.1 Å². The molecule has 3 atom stereocenters. The summed E-state index contributed by atoms with van der Waals surface area (Å²) < 4.78 is 13.9. The fourth-order valence-corrected chi connectivity index (χ4v) is 3.91. The fourth-order valence-electron chi connectivity index (χ4n) is 2.61. The van der Waals surface area contributed by atoms with Crippen molar-refractivity contribution in [1.82, 2.24) is 0 Å². The standard InChI is InChI=1S/C18H35FO2S/c1-4-6-8-10-12-16(19)14-15(3)22-17(18(20)21)13-11-9-7-5-2/h15-17H,4-14H2,1-3H3,(H,20,21). The van der Waals surface area contributed by atoms with Gasteiger partial charge in [0.05, 0.1) is 0 Å². The molecule has 132 valence electrons. The smallest absolute Gasteiger partial charge is 0.316 e. The number of thioether (sulfide) groups is 1. The summed E-state index contributed by atoms with van der Waals surface area (Å²) in [6.45, 7) is 6.26. The first-order valence-electron chi connectivity index (χ1n) is 9.03. The molecule has 0 bridgehead atoms. The van der Waals surface area contributed by atoms with Crippen molar-refractivity contribution in [2.24, 2.45) is 0 Å². The van der Waals surface area contributed by atoms with Crippen LogP contribution >= 0.6 is 11.8 Å². The van der Waals surface area contributed by atoms with Crippen molar-refractivity contribution < 1.29 is 14.3 Å². The maximum atomic E-state index is 13.9. The van der Waals surface area contributed by atoms with Crippen molar-refractivity contribution in [2.75, 3.05) is 0 Å². The lowest BCUT2D eigenvalue weighted by Crippen LogP contribution is -2.21. The Bertz CT molecular complexity index is 274. The van der Waals surface area contributed by atoms with Crippen LogP contribution in [0.4, 0.5) is 4.39 Å². The van der Waals surface area contributed by atoms with E-state index in [0.717, 1.165) is 38.5 Å². The molecule has 2 nitrogen and oxygen atoms in total. The molecule has 0 amide bonds. The van der Waals surface area contributed by atoms with Gasteiger partial charge in [-0.3, -0.25) is 4.79 Å². The molecule has 0 aromatic rings. The van der Waals surface area contributed by atoms with Gasteiger partial charge in [0, 0.05) is 5.25 Å². The van der Waals surface area contributed by atoms with Crippen LogP contribution in [0.25, 0.3) is 0 Å². The average Bonchev–Trinajstić information content (AvgIpc) is 2.46. The van der Waals surface area contributed by atoms with Gasteiger partial charge in [0.1, 0.15) is 11.4 Å². The molecular weight excluding hydrogens is 299 g/mol. The Morgan fingerprint density at radius 3 is 2.05 bits per heavy atom. The molecule has 0 aliphatic rings. The molecule has 4 heteroatoms. The number of rotatable bonds is 15. The van der Waals surface area contributed by atoms with E-state index in [4.69, 9.17) is 0 Å². The van der Waals surface area contributed by atoms with Gasteiger partial charge in [0.15, 0.2) is 0 Å². The number of halogens is 1. The lowest BCUT2D eigenvalue weighted by Gasteiger charge is -2.19. The predicted octanol–water partition coefficient (Wildman–Crippen LogP) is 6.23. The van der Waals surface area contributed by atoms with Crippen molar-refractivity contribution in [3.8, 4) is 0 Å². The molecule has 0 saturated heterocycles. The summed E-state index contributed by atoms with van der Waals surface area (Å²) in [4.78, 5) is 11.3. The number of aliphatic carboxylic acids is 1. The number of alkyl halides is 1. The Morgan fingerprint density at radius 2 is 1.55 bits per heavy atom. The van der Waals surface area contributed by atoms with Crippen LogP contribution in [-0.4, -0.2) is 27.7 Å². The van der Waals surface area contributed by atoms with E-state index in [-0.39, 0.29) is 10.5 Å². The van der Waals surface area contributed by atoms with Crippen molar-refractivity contribution in [3.63, 3.8) is 0 Å². The van der Waals surface area contributed by atoms with Gasteiger partial charge in [-0.2, -0.15) is 0 Å². The van der Waals surface area contributed by atoms with Crippen LogP contribution in [0, 0.1) is 0 Å². The zero-order chi connectivity index (χ0) is 16.8. The first-order chi connectivity index (χ1) is 10.5. The molecule has 1 N–H and O–H groups in total. The summed E-state index contributed by atoms with van der Waals surface area (Å²) in [6.07, 6.45) is 9.80. The largest absolute Gasteiger partial charge is 0.480 e. The number of carboxylic acids is 1.